The lowest BCUT2D eigenvalue weighted by Gasteiger charge is -2.35. The van der Waals surface area contributed by atoms with Crippen molar-refractivity contribution < 1.29 is 29.0 Å². The lowest BCUT2D eigenvalue weighted by molar-refractivity contribution is -0.153. The van der Waals surface area contributed by atoms with Gasteiger partial charge in [-0.25, -0.2) is 14.8 Å². The van der Waals surface area contributed by atoms with Crippen molar-refractivity contribution in [1.29, 1.82) is 0 Å². The number of carbonyl (C=O) groups is 4. The first kappa shape index (κ1) is 34.6. The molecule has 1 unspecified atom stereocenters. The van der Waals surface area contributed by atoms with E-state index in [9.17, 15) is 24.3 Å². The van der Waals surface area contributed by atoms with E-state index >= 15 is 0 Å². The first-order chi connectivity index (χ1) is 25.1. The van der Waals surface area contributed by atoms with E-state index in [1.807, 2.05) is 61.6 Å². The summed E-state index contributed by atoms with van der Waals surface area (Å²) in [6, 6.07) is 21.8. The van der Waals surface area contributed by atoms with Gasteiger partial charge in [0.1, 0.15) is 16.9 Å². The van der Waals surface area contributed by atoms with Crippen molar-refractivity contribution >= 4 is 62.6 Å². The summed E-state index contributed by atoms with van der Waals surface area (Å²) < 4.78 is 6.57. The molecule has 0 aliphatic carbocycles. The summed E-state index contributed by atoms with van der Waals surface area (Å²) in [5.41, 5.74) is 12.0. The molecular formula is C38H37N7O6S. The molecular weight excluding hydrogens is 683 g/mol. The zero-order valence-corrected chi connectivity index (χ0v) is 29.5. The lowest BCUT2D eigenvalue weighted by atomic mass is 10.0. The number of aromatic nitrogens is 2. The number of hydrogen-bond donors (Lipinski definition) is 2. The number of pyridine rings is 1. The summed E-state index contributed by atoms with van der Waals surface area (Å²) in [7, 11) is 3.90. The minimum Gasteiger partial charge on any atom is -0.465 e. The number of amides is 4. The molecule has 2 aromatic heterocycles. The van der Waals surface area contributed by atoms with Crippen LogP contribution < -0.4 is 15.5 Å². The molecule has 2 aliphatic rings. The van der Waals surface area contributed by atoms with Gasteiger partial charge in [-0.2, -0.15) is 0 Å². The molecule has 2 aliphatic heterocycles. The van der Waals surface area contributed by atoms with E-state index in [0.717, 1.165) is 42.6 Å². The third-order valence-corrected chi connectivity index (χ3v) is 10.5. The SMILES string of the molecule is CN(C)c1ccc(-c2ccc(-c3nc4ccc(N(CCOCCN5C(=O)CCC(N6Cc7c(N)cccc7C6=O)C5=O)C(=O)O)cc4s3)cc2)cn1. The van der Waals surface area contributed by atoms with E-state index < -0.39 is 18.0 Å². The smallest absolute Gasteiger partial charge is 0.411 e. The van der Waals surface area contributed by atoms with E-state index in [2.05, 4.69) is 4.98 Å². The van der Waals surface area contributed by atoms with E-state index in [1.54, 1.807) is 36.4 Å². The van der Waals surface area contributed by atoms with Gasteiger partial charge in [-0.1, -0.05) is 30.3 Å². The highest BCUT2D eigenvalue weighted by atomic mass is 32.1. The molecule has 0 radical (unpaired) electrons. The van der Waals surface area contributed by atoms with Crippen molar-refractivity contribution in [2.24, 2.45) is 0 Å². The second kappa shape index (κ2) is 14.4. The summed E-state index contributed by atoms with van der Waals surface area (Å²) in [4.78, 5) is 66.4. The van der Waals surface area contributed by atoms with Crippen LogP contribution in [0.25, 0.3) is 31.9 Å². The summed E-state index contributed by atoms with van der Waals surface area (Å²) >= 11 is 1.48. The number of ether oxygens (including phenoxy) is 1. The molecule has 266 valence electrons. The van der Waals surface area contributed by atoms with E-state index in [4.69, 9.17) is 15.5 Å². The molecule has 13 nitrogen and oxygen atoms in total. The third kappa shape index (κ3) is 6.77. The van der Waals surface area contributed by atoms with Crippen molar-refractivity contribution in [2.75, 3.05) is 55.9 Å². The maximum atomic E-state index is 13.4. The van der Waals surface area contributed by atoms with Crippen molar-refractivity contribution in [3.05, 3.63) is 90.1 Å². The fourth-order valence-corrected chi connectivity index (χ4v) is 7.56. The second-order valence-electron chi connectivity index (χ2n) is 12.8. The molecule has 5 aromatic rings. The topological polar surface area (TPSA) is 162 Å². The Bertz CT molecular complexity index is 2170. The summed E-state index contributed by atoms with van der Waals surface area (Å²) in [5.74, 6) is -0.174. The number of nitrogens with two attached hydrogens (primary N) is 1. The number of anilines is 3. The summed E-state index contributed by atoms with van der Waals surface area (Å²) in [5, 5.41) is 10.8. The Morgan fingerprint density at radius 2 is 1.77 bits per heavy atom. The van der Waals surface area contributed by atoms with Gasteiger partial charge in [0.15, 0.2) is 0 Å². The molecule has 52 heavy (non-hydrogen) atoms. The maximum absolute atomic E-state index is 13.4. The molecule has 3 aromatic carbocycles. The van der Waals surface area contributed by atoms with Crippen molar-refractivity contribution in [1.82, 2.24) is 19.8 Å². The number of imide groups is 1. The zero-order valence-electron chi connectivity index (χ0n) is 28.7. The molecule has 1 fully saturated rings. The van der Waals surface area contributed by atoms with Crippen LogP contribution in [0.1, 0.15) is 28.8 Å². The molecule has 0 bridgehead atoms. The highest BCUT2D eigenvalue weighted by Crippen LogP contribution is 2.35. The molecule has 0 spiro atoms. The van der Waals surface area contributed by atoms with E-state index in [0.29, 0.717) is 22.5 Å². The van der Waals surface area contributed by atoms with Gasteiger partial charge >= 0.3 is 6.09 Å². The van der Waals surface area contributed by atoms with E-state index in [1.165, 1.54) is 21.1 Å². The molecule has 1 atom stereocenters. The Kier molecular flexibility index (Phi) is 9.58. The van der Waals surface area contributed by atoms with Crippen LogP contribution >= 0.6 is 11.3 Å². The maximum Gasteiger partial charge on any atom is 0.411 e. The Hall–Kier alpha value is -5.86. The Balaban J connectivity index is 0.947. The number of nitrogen functional groups attached to an aromatic ring is 1. The number of rotatable bonds is 11. The molecule has 0 saturated carbocycles. The van der Waals surface area contributed by atoms with Crippen molar-refractivity contribution in [3.8, 4) is 21.7 Å². The first-order valence-electron chi connectivity index (χ1n) is 16.8. The lowest BCUT2D eigenvalue weighted by Crippen LogP contribution is -2.55. The zero-order chi connectivity index (χ0) is 36.5. The van der Waals surface area contributed by atoms with Crippen LogP contribution in [-0.2, 0) is 20.9 Å². The van der Waals surface area contributed by atoms with Crippen LogP contribution in [-0.4, -0.2) is 95.1 Å². The third-order valence-electron chi connectivity index (χ3n) is 9.40. The Labute approximate surface area is 303 Å². The largest absolute Gasteiger partial charge is 0.465 e. The van der Waals surface area contributed by atoms with E-state index in [-0.39, 0.29) is 57.5 Å². The number of piperidine rings is 1. The second-order valence-corrected chi connectivity index (χ2v) is 13.9. The number of benzene rings is 3. The highest BCUT2D eigenvalue weighted by molar-refractivity contribution is 7.21. The predicted molar refractivity (Wildman–Crippen MR) is 199 cm³/mol. The Morgan fingerprint density at radius 3 is 2.48 bits per heavy atom. The van der Waals surface area contributed by atoms with Crippen LogP contribution in [0.2, 0.25) is 0 Å². The normalized spacial score (nSPS) is 15.7. The van der Waals surface area contributed by atoms with Crippen molar-refractivity contribution in [2.45, 2.75) is 25.4 Å². The molecule has 7 rings (SSSR count). The van der Waals surface area contributed by atoms with Crippen LogP contribution in [0, 0.1) is 0 Å². The van der Waals surface area contributed by atoms with Gasteiger partial charge in [0.2, 0.25) is 5.91 Å². The standard InChI is InChI=1S/C38H37N7O6S/c1-42(2)33-14-10-25(21-40-33)23-6-8-24(9-7-23)35-41-30-12-11-26(20-32(30)52-35)43(38(49)50)16-18-51-19-17-44-34(46)15-13-31(37(44)48)45-22-28-27(36(45)47)4-3-5-29(28)39/h3-12,14,20-21,31H,13,15-19,22,39H2,1-2H3,(H,49,50). The molecule has 1 saturated heterocycles. The number of carbonyl (C=O) groups excluding carboxylic acids is 3. The summed E-state index contributed by atoms with van der Waals surface area (Å²) in [6.07, 6.45) is 1.07. The number of nitrogens with zero attached hydrogens (tertiary/aromatic N) is 6. The average Bonchev–Trinajstić information content (AvgIpc) is 3.72. The molecule has 3 N–H and O–H groups in total. The van der Waals surface area contributed by atoms with Gasteiger partial charge in [-0.05, 0) is 54.4 Å². The number of likely N-dealkylation sites (tertiary alicyclic amines) is 1. The van der Waals surface area contributed by atoms with Crippen LogP contribution in [0.3, 0.4) is 0 Å². The quantitative estimate of drug-likeness (QED) is 0.103. The van der Waals surface area contributed by atoms with Gasteiger partial charge in [-0.3, -0.25) is 24.2 Å². The molecule has 14 heteroatoms. The van der Waals surface area contributed by atoms with Crippen LogP contribution in [0.5, 0.6) is 0 Å². The monoisotopic (exact) mass is 719 g/mol. The number of hydrogen-bond acceptors (Lipinski definition) is 10. The molecule has 4 amide bonds. The van der Waals surface area contributed by atoms with Crippen molar-refractivity contribution in [3.63, 3.8) is 0 Å². The minimum absolute atomic E-state index is 0.00540. The number of carboxylic acid groups (broad SMARTS) is 1. The fourth-order valence-electron chi connectivity index (χ4n) is 6.56. The summed E-state index contributed by atoms with van der Waals surface area (Å²) in [6.45, 7) is 0.302. The van der Waals surface area contributed by atoms with Gasteiger partial charge < -0.3 is 25.4 Å². The average molecular weight is 720 g/mol. The number of thiazole rings is 1. The van der Waals surface area contributed by atoms with Gasteiger partial charge in [0.25, 0.3) is 11.8 Å². The number of fused-ring (bicyclic) bond motifs is 2. The Morgan fingerprint density at radius 1 is 1.00 bits per heavy atom. The minimum atomic E-state index is -1.14. The van der Waals surface area contributed by atoms with Gasteiger partial charge in [0, 0.05) is 66.9 Å². The van der Waals surface area contributed by atoms with Crippen LogP contribution in [0.15, 0.2) is 79.0 Å². The van der Waals surface area contributed by atoms with Crippen LogP contribution in [0.4, 0.5) is 22.0 Å². The first-order valence-corrected chi connectivity index (χ1v) is 17.7. The molecule has 4 heterocycles. The predicted octanol–water partition coefficient (Wildman–Crippen LogP) is 5.35. The van der Waals surface area contributed by atoms with Gasteiger partial charge in [0.05, 0.1) is 36.5 Å². The van der Waals surface area contributed by atoms with Gasteiger partial charge in [-0.15, -0.1) is 11.3 Å². The fraction of sp³-hybridized carbons (Fsp3) is 0.263. The highest BCUT2D eigenvalue weighted by Gasteiger charge is 2.43.